The first-order valence-corrected chi connectivity index (χ1v) is 7.78. The van der Waals surface area contributed by atoms with Gasteiger partial charge < -0.3 is 4.43 Å². The van der Waals surface area contributed by atoms with Crippen LogP contribution >= 0.6 is 0 Å². The summed E-state index contributed by atoms with van der Waals surface area (Å²) in [6.07, 6.45) is 0. The monoisotopic (exact) mass is 188 g/mol. The Bertz CT molecular complexity index is 133. The fourth-order valence-corrected chi connectivity index (χ4v) is 1.71. The van der Waals surface area contributed by atoms with Crippen LogP contribution in [0.1, 0.15) is 34.6 Å². The summed E-state index contributed by atoms with van der Waals surface area (Å²) < 4.78 is 5.99. The van der Waals surface area contributed by atoms with Crippen molar-refractivity contribution in [2.24, 2.45) is 5.41 Å². The van der Waals surface area contributed by atoms with Crippen LogP contribution in [-0.2, 0) is 4.43 Å². The summed E-state index contributed by atoms with van der Waals surface area (Å²) in [5, 5.41) is 0. The zero-order valence-corrected chi connectivity index (χ0v) is 10.7. The van der Waals surface area contributed by atoms with E-state index in [-0.39, 0.29) is 0 Å². The molecule has 0 aromatic heterocycles. The van der Waals surface area contributed by atoms with Gasteiger partial charge in [0.05, 0.1) is 0 Å². The maximum Gasteiger partial charge on any atom is 0.189 e. The lowest BCUT2D eigenvalue weighted by Crippen LogP contribution is -2.37. The molecule has 2 heteroatoms. The first-order chi connectivity index (χ1) is 5.15. The lowest BCUT2D eigenvalue weighted by molar-refractivity contribution is 0.187. The summed E-state index contributed by atoms with van der Waals surface area (Å²) in [7, 11) is -1.39. The summed E-state index contributed by atoms with van der Waals surface area (Å²) in [6.45, 7) is 16.7. The number of rotatable bonds is 3. The molecule has 12 heavy (non-hydrogen) atoms. The predicted octanol–water partition coefficient (Wildman–Crippen LogP) is 3.66. The zero-order chi connectivity index (χ0) is 9.99. The van der Waals surface area contributed by atoms with Crippen LogP contribution in [0.25, 0.3) is 0 Å². The Morgan fingerprint density at radius 1 is 1.17 bits per heavy atom. The molecule has 0 aliphatic rings. The number of hydrogen-bond acceptors (Lipinski definition) is 1. The highest BCUT2D eigenvalue weighted by Crippen LogP contribution is 2.24. The Balaban J connectivity index is 3.93. The molecule has 0 aromatic carbocycles. The molecule has 0 saturated carbocycles. The van der Waals surface area contributed by atoms with Gasteiger partial charge in [-0.1, -0.05) is 34.6 Å². The molecule has 0 fully saturated rings. The molecule has 0 unspecified atom stereocenters. The SMILES string of the molecule is CC(C)[Si](C)(C)OCC(C)(C)C. The van der Waals surface area contributed by atoms with Crippen molar-refractivity contribution in [1.82, 2.24) is 0 Å². The van der Waals surface area contributed by atoms with Gasteiger partial charge in [-0.25, -0.2) is 0 Å². The fraction of sp³-hybridized carbons (Fsp3) is 1.00. The van der Waals surface area contributed by atoms with Crippen molar-refractivity contribution in [2.45, 2.75) is 53.3 Å². The minimum Gasteiger partial charge on any atom is -0.417 e. The Morgan fingerprint density at radius 3 is 1.83 bits per heavy atom. The third-order valence-corrected chi connectivity index (χ3v) is 5.94. The van der Waals surface area contributed by atoms with Gasteiger partial charge in [0.2, 0.25) is 0 Å². The van der Waals surface area contributed by atoms with Crippen LogP contribution in [0.5, 0.6) is 0 Å². The van der Waals surface area contributed by atoms with E-state index in [1.54, 1.807) is 0 Å². The van der Waals surface area contributed by atoms with E-state index in [4.69, 9.17) is 4.43 Å². The highest BCUT2D eigenvalue weighted by molar-refractivity contribution is 6.72. The summed E-state index contributed by atoms with van der Waals surface area (Å²) in [5.74, 6) is 0. The van der Waals surface area contributed by atoms with Crippen LogP contribution in [0, 0.1) is 5.41 Å². The van der Waals surface area contributed by atoms with Gasteiger partial charge in [-0.15, -0.1) is 0 Å². The van der Waals surface area contributed by atoms with Crippen molar-refractivity contribution in [3.05, 3.63) is 0 Å². The third kappa shape index (κ3) is 4.94. The minimum atomic E-state index is -1.39. The quantitative estimate of drug-likeness (QED) is 0.614. The van der Waals surface area contributed by atoms with Crippen molar-refractivity contribution < 1.29 is 4.43 Å². The highest BCUT2D eigenvalue weighted by Gasteiger charge is 2.28. The molecule has 0 saturated heterocycles. The van der Waals surface area contributed by atoms with E-state index >= 15 is 0 Å². The average Bonchev–Trinajstić information content (AvgIpc) is 1.82. The van der Waals surface area contributed by atoms with Crippen molar-refractivity contribution in [3.8, 4) is 0 Å². The van der Waals surface area contributed by atoms with Gasteiger partial charge in [-0.3, -0.25) is 0 Å². The Hall–Kier alpha value is 0.177. The van der Waals surface area contributed by atoms with E-state index in [1.165, 1.54) is 0 Å². The molecule has 0 aromatic rings. The van der Waals surface area contributed by atoms with Crippen LogP contribution in [0.3, 0.4) is 0 Å². The molecule has 0 spiro atoms. The van der Waals surface area contributed by atoms with Crippen LogP contribution in [0.4, 0.5) is 0 Å². The highest BCUT2D eigenvalue weighted by atomic mass is 28.4. The second-order valence-corrected chi connectivity index (χ2v) is 10.3. The molecule has 1 nitrogen and oxygen atoms in total. The van der Waals surface area contributed by atoms with E-state index in [0.29, 0.717) is 11.0 Å². The Morgan fingerprint density at radius 2 is 1.58 bits per heavy atom. The summed E-state index contributed by atoms with van der Waals surface area (Å²) in [4.78, 5) is 0. The maximum atomic E-state index is 5.99. The van der Waals surface area contributed by atoms with Gasteiger partial charge in [-0.2, -0.15) is 0 Å². The van der Waals surface area contributed by atoms with E-state index in [1.807, 2.05) is 0 Å². The van der Waals surface area contributed by atoms with Crippen LogP contribution in [0.2, 0.25) is 18.6 Å². The van der Waals surface area contributed by atoms with E-state index in [9.17, 15) is 0 Å². The van der Waals surface area contributed by atoms with Crippen molar-refractivity contribution in [2.75, 3.05) is 6.61 Å². The molecule has 74 valence electrons. The Kier molecular flexibility index (Phi) is 3.98. The molecule has 0 bridgehead atoms. The first kappa shape index (κ1) is 12.2. The van der Waals surface area contributed by atoms with Gasteiger partial charge in [-0.05, 0) is 24.1 Å². The van der Waals surface area contributed by atoms with Crippen LogP contribution in [0.15, 0.2) is 0 Å². The molecule has 0 atom stereocenters. The maximum absolute atomic E-state index is 5.99. The van der Waals surface area contributed by atoms with Crippen molar-refractivity contribution in [3.63, 3.8) is 0 Å². The third-order valence-electron chi connectivity index (χ3n) is 2.27. The molecule has 0 radical (unpaired) electrons. The second-order valence-electron chi connectivity index (χ2n) is 5.61. The first-order valence-electron chi connectivity index (χ1n) is 4.79. The molecule has 0 amide bonds. The Labute approximate surface area is 78.6 Å². The molecule has 0 aliphatic carbocycles. The van der Waals surface area contributed by atoms with E-state index in [2.05, 4.69) is 47.7 Å². The fourth-order valence-electron chi connectivity index (χ4n) is 0.569. The standard InChI is InChI=1S/C10H24OSi/c1-9(2)12(6,7)11-8-10(3,4)5/h9H,8H2,1-7H3. The predicted molar refractivity (Wildman–Crippen MR) is 58.0 cm³/mol. The smallest absolute Gasteiger partial charge is 0.189 e. The lowest BCUT2D eigenvalue weighted by Gasteiger charge is -2.31. The van der Waals surface area contributed by atoms with Gasteiger partial charge in [0.15, 0.2) is 8.32 Å². The minimum absolute atomic E-state index is 0.305. The lowest BCUT2D eigenvalue weighted by atomic mass is 9.99. The van der Waals surface area contributed by atoms with Crippen LogP contribution < -0.4 is 0 Å². The molecular weight excluding hydrogens is 164 g/mol. The summed E-state index contributed by atoms with van der Waals surface area (Å²) in [5.41, 5.74) is 1.01. The van der Waals surface area contributed by atoms with Gasteiger partial charge >= 0.3 is 0 Å². The summed E-state index contributed by atoms with van der Waals surface area (Å²) >= 11 is 0. The molecule has 0 heterocycles. The van der Waals surface area contributed by atoms with E-state index < -0.39 is 8.32 Å². The van der Waals surface area contributed by atoms with Gasteiger partial charge in [0, 0.05) is 6.61 Å². The average molecular weight is 188 g/mol. The van der Waals surface area contributed by atoms with Gasteiger partial charge in [0.25, 0.3) is 0 Å². The van der Waals surface area contributed by atoms with Crippen molar-refractivity contribution in [1.29, 1.82) is 0 Å². The molecule has 0 aliphatic heterocycles. The molecular formula is C10H24OSi. The van der Waals surface area contributed by atoms with E-state index in [0.717, 1.165) is 6.61 Å². The topological polar surface area (TPSA) is 9.23 Å². The molecule has 0 rings (SSSR count). The second kappa shape index (κ2) is 3.92. The zero-order valence-electron chi connectivity index (χ0n) is 9.69. The van der Waals surface area contributed by atoms with Crippen LogP contribution in [-0.4, -0.2) is 14.9 Å². The van der Waals surface area contributed by atoms with Crippen molar-refractivity contribution >= 4 is 8.32 Å². The number of hydrogen-bond donors (Lipinski definition) is 0. The molecule has 0 N–H and O–H groups in total. The largest absolute Gasteiger partial charge is 0.417 e. The normalized spacial score (nSPS) is 14.0. The van der Waals surface area contributed by atoms with Gasteiger partial charge in [0.1, 0.15) is 0 Å². The summed E-state index contributed by atoms with van der Waals surface area (Å²) in [6, 6.07) is 0.